The third kappa shape index (κ3) is 3.59. The highest BCUT2D eigenvalue weighted by molar-refractivity contribution is 6.05. The van der Waals surface area contributed by atoms with Crippen LogP contribution in [0.5, 0.6) is 0 Å². The lowest BCUT2D eigenvalue weighted by Crippen LogP contribution is -2.15. The molecule has 3 aromatic rings. The van der Waals surface area contributed by atoms with E-state index in [0.717, 1.165) is 18.5 Å². The average molecular weight is 348 g/mol. The first-order chi connectivity index (χ1) is 12.7. The predicted octanol–water partition coefficient (Wildman–Crippen LogP) is 2.26. The number of benzene rings is 2. The van der Waals surface area contributed by atoms with Crippen molar-refractivity contribution in [1.29, 1.82) is 0 Å². The van der Waals surface area contributed by atoms with Crippen LogP contribution in [0, 0.1) is 5.92 Å². The maximum atomic E-state index is 12.5. The third-order valence-electron chi connectivity index (χ3n) is 4.06. The summed E-state index contributed by atoms with van der Waals surface area (Å²) in [5.41, 5.74) is 2.44. The van der Waals surface area contributed by atoms with Gasteiger partial charge in [0.25, 0.3) is 5.91 Å². The van der Waals surface area contributed by atoms with Gasteiger partial charge in [0.15, 0.2) is 0 Å². The highest BCUT2D eigenvalue weighted by Crippen LogP contribution is 2.30. The number of aromatic nitrogens is 4. The van der Waals surface area contributed by atoms with Crippen LogP contribution < -0.4 is 10.6 Å². The molecule has 8 heteroatoms. The summed E-state index contributed by atoms with van der Waals surface area (Å²) < 4.78 is 1.50. The lowest BCUT2D eigenvalue weighted by atomic mass is 10.1. The van der Waals surface area contributed by atoms with Gasteiger partial charge in [-0.1, -0.05) is 12.1 Å². The van der Waals surface area contributed by atoms with E-state index in [1.165, 1.54) is 11.0 Å². The molecule has 0 bridgehead atoms. The first-order valence-electron chi connectivity index (χ1n) is 8.25. The summed E-state index contributed by atoms with van der Waals surface area (Å²) in [6.45, 7) is 0. The van der Waals surface area contributed by atoms with Gasteiger partial charge in [0.1, 0.15) is 6.33 Å². The Kier molecular flexibility index (Phi) is 4.14. The van der Waals surface area contributed by atoms with Gasteiger partial charge in [0.05, 0.1) is 5.69 Å². The minimum Gasteiger partial charge on any atom is -0.326 e. The van der Waals surface area contributed by atoms with E-state index in [1.807, 2.05) is 6.07 Å². The molecule has 0 atom stereocenters. The lowest BCUT2D eigenvalue weighted by Gasteiger charge is -2.09. The Morgan fingerprint density at radius 1 is 1.00 bits per heavy atom. The van der Waals surface area contributed by atoms with Crippen molar-refractivity contribution in [3.8, 4) is 5.69 Å². The smallest absolute Gasteiger partial charge is 0.255 e. The second-order valence-corrected chi connectivity index (χ2v) is 6.10. The molecule has 130 valence electrons. The third-order valence-corrected chi connectivity index (χ3v) is 4.06. The van der Waals surface area contributed by atoms with Crippen LogP contribution in [-0.2, 0) is 4.79 Å². The summed E-state index contributed by atoms with van der Waals surface area (Å²) in [4.78, 5) is 24.4. The van der Waals surface area contributed by atoms with Gasteiger partial charge < -0.3 is 10.6 Å². The molecule has 26 heavy (non-hydrogen) atoms. The number of amides is 2. The van der Waals surface area contributed by atoms with Crippen molar-refractivity contribution in [2.24, 2.45) is 5.92 Å². The standard InChI is InChI=1S/C18H16N6O2/c25-17(12-7-8-12)20-14-4-1-3-13(9-14)18(26)21-15-5-2-6-16(10-15)24-11-19-22-23-24/h1-6,9-12H,7-8H2,(H,20,25)(H,21,26). The van der Waals surface area contributed by atoms with Crippen LogP contribution in [0.2, 0.25) is 0 Å². The quantitative estimate of drug-likeness (QED) is 0.736. The molecule has 1 fully saturated rings. The first-order valence-corrected chi connectivity index (χ1v) is 8.25. The normalized spacial score (nSPS) is 13.2. The van der Waals surface area contributed by atoms with E-state index in [2.05, 4.69) is 26.2 Å². The van der Waals surface area contributed by atoms with Crippen LogP contribution >= 0.6 is 0 Å². The molecule has 1 heterocycles. The molecule has 0 aliphatic heterocycles. The zero-order valence-corrected chi connectivity index (χ0v) is 13.8. The minimum atomic E-state index is -0.263. The van der Waals surface area contributed by atoms with Gasteiger partial charge in [-0.2, -0.15) is 0 Å². The molecule has 1 aliphatic rings. The topological polar surface area (TPSA) is 102 Å². The van der Waals surface area contributed by atoms with Crippen molar-refractivity contribution in [1.82, 2.24) is 20.2 Å². The van der Waals surface area contributed by atoms with E-state index in [1.54, 1.807) is 42.5 Å². The fraction of sp³-hybridized carbons (Fsp3) is 0.167. The van der Waals surface area contributed by atoms with Gasteiger partial charge in [-0.3, -0.25) is 9.59 Å². The Morgan fingerprint density at radius 2 is 1.77 bits per heavy atom. The Hall–Kier alpha value is -3.55. The number of hydrogen-bond donors (Lipinski definition) is 2. The molecule has 2 amide bonds. The molecule has 2 N–H and O–H groups in total. The van der Waals surface area contributed by atoms with Crippen LogP contribution in [0.3, 0.4) is 0 Å². The number of tetrazole rings is 1. The molecule has 1 saturated carbocycles. The highest BCUT2D eigenvalue weighted by atomic mass is 16.2. The van der Waals surface area contributed by atoms with E-state index in [-0.39, 0.29) is 17.7 Å². The predicted molar refractivity (Wildman–Crippen MR) is 94.9 cm³/mol. The molecule has 0 unspecified atom stereocenters. The maximum Gasteiger partial charge on any atom is 0.255 e. The summed E-state index contributed by atoms with van der Waals surface area (Å²) in [5, 5.41) is 16.7. The Morgan fingerprint density at radius 3 is 2.50 bits per heavy atom. The summed E-state index contributed by atoms with van der Waals surface area (Å²) in [7, 11) is 0. The highest BCUT2D eigenvalue weighted by Gasteiger charge is 2.29. The van der Waals surface area contributed by atoms with Gasteiger partial charge >= 0.3 is 0 Å². The average Bonchev–Trinajstić information content (AvgIpc) is 3.37. The Bertz CT molecular complexity index is 950. The zero-order valence-electron chi connectivity index (χ0n) is 13.8. The van der Waals surface area contributed by atoms with Gasteiger partial charge in [-0.25, -0.2) is 4.68 Å². The van der Waals surface area contributed by atoms with Crippen LogP contribution in [-0.4, -0.2) is 32.0 Å². The molecule has 4 rings (SSSR count). The number of anilines is 2. The molecular formula is C18H16N6O2. The van der Waals surface area contributed by atoms with Crippen LogP contribution in [0.25, 0.3) is 5.69 Å². The fourth-order valence-electron chi connectivity index (χ4n) is 2.54. The molecular weight excluding hydrogens is 332 g/mol. The van der Waals surface area contributed by atoms with Crippen molar-refractivity contribution < 1.29 is 9.59 Å². The van der Waals surface area contributed by atoms with Crippen LogP contribution in [0.15, 0.2) is 54.9 Å². The van der Waals surface area contributed by atoms with E-state index in [0.29, 0.717) is 16.9 Å². The maximum absolute atomic E-state index is 12.5. The Labute approximate surface area is 149 Å². The van der Waals surface area contributed by atoms with E-state index < -0.39 is 0 Å². The van der Waals surface area contributed by atoms with Crippen molar-refractivity contribution in [3.63, 3.8) is 0 Å². The van der Waals surface area contributed by atoms with Crippen molar-refractivity contribution in [2.45, 2.75) is 12.8 Å². The van der Waals surface area contributed by atoms with Gasteiger partial charge in [-0.05, 0) is 59.7 Å². The number of carbonyl (C=O) groups excluding carboxylic acids is 2. The first kappa shape index (κ1) is 15.9. The number of rotatable bonds is 5. The molecule has 0 saturated heterocycles. The number of nitrogens with one attached hydrogen (secondary N) is 2. The van der Waals surface area contributed by atoms with Gasteiger partial charge in [0, 0.05) is 22.9 Å². The molecule has 0 radical (unpaired) electrons. The van der Waals surface area contributed by atoms with E-state index >= 15 is 0 Å². The monoisotopic (exact) mass is 348 g/mol. The second-order valence-electron chi connectivity index (χ2n) is 6.10. The minimum absolute atomic E-state index is 0.0108. The van der Waals surface area contributed by atoms with E-state index in [4.69, 9.17) is 0 Å². The molecule has 1 aromatic heterocycles. The van der Waals surface area contributed by atoms with Crippen molar-refractivity contribution in [2.75, 3.05) is 10.6 Å². The largest absolute Gasteiger partial charge is 0.326 e. The lowest BCUT2D eigenvalue weighted by molar-refractivity contribution is -0.117. The van der Waals surface area contributed by atoms with Gasteiger partial charge in [-0.15, -0.1) is 5.10 Å². The number of hydrogen-bond acceptors (Lipinski definition) is 5. The fourth-order valence-corrected chi connectivity index (χ4v) is 2.54. The second kappa shape index (κ2) is 6.75. The number of carbonyl (C=O) groups is 2. The van der Waals surface area contributed by atoms with Crippen LogP contribution in [0.4, 0.5) is 11.4 Å². The summed E-state index contributed by atoms with van der Waals surface area (Å²) in [5.74, 6) is -0.139. The van der Waals surface area contributed by atoms with E-state index in [9.17, 15) is 9.59 Å². The molecule has 0 spiro atoms. The van der Waals surface area contributed by atoms with Crippen LogP contribution in [0.1, 0.15) is 23.2 Å². The SMILES string of the molecule is O=C(Nc1cccc(-n2cnnn2)c1)c1cccc(NC(=O)C2CC2)c1. The number of nitrogens with zero attached hydrogens (tertiary/aromatic N) is 4. The zero-order chi connectivity index (χ0) is 17.9. The summed E-state index contributed by atoms with van der Waals surface area (Å²) in [6.07, 6.45) is 3.35. The summed E-state index contributed by atoms with van der Waals surface area (Å²) in [6, 6.07) is 14.1. The Balaban J connectivity index is 1.48. The molecule has 2 aromatic carbocycles. The van der Waals surface area contributed by atoms with Crippen molar-refractivity contribution >= 4 is 23.2 Å². The van der Waals surface area contributed by atoms with Gasteiger partial charge in [0.2, 0.25) is 5.91 Å². The molecule has 8 nitrogen and oxygen atoms in total. The van der Waals surface area contributed by atoms with Crippen molar-refractivity contribution in [3.05, 3.63) is 60.4 Å². The summed E-state index contributed by atoms with van der Waals surface area (Å²) >= 11 is 0. The molecule has 1 aliphatic carbocycles.